The Morgan fingerprint density at radius 1 is 1.25 bits per heavy atom. The first-order valence-corrected chi connectivity index (χ1v) is 7.74. The largest absolute Gasteiger partial charge is 0.392 e. The van der Waals surface area contributed by atoms with Gasteiger partial charge < -0.3 is 5.11 Å². The molecule has 0 saturated heterocycles. The van der Waals surface area contributed by atoms with Crippen LogP contribution in [-0.4, -0.2) is 13.2 Å². The highest BCUT2D eigenvalue weighted by Crippen LogP contribution is 2.04. The Morgan fingerprint density at radius 3 is 2.42 bits per heavy atom. The lowest BCUT2D eigenvalue weighted by molar-refractivity contribution is 0.282. The van der Waals surface area contributed by atoms with Crippen LogP contribution in [0, 0.1) is 0 Å². The zero-order valence-corrected chi connectivity index (χ0v) is 8.96. The molecule has 0 radical (unpaired) electrons. The van der Waals surface area contributed by atoms with Crippen molar-refractivity contribution in [3.8, 4) is 0 Å². The number of aliphatic hydroxyl groups is 1. The van der Waals surface area contributed by atoms with Crippen molar-refractivity contribution >= 4 is 13.3 Å². The predicted octanol–water partition coefficient (Wildman–Crippen LogP) is 1.72. The third-order valence-corrected chi connectivity index (χ3v) is 4.02. The minimum absolute atomic E-state index is 0.151. The molecule has 0 fully saturated rings. The monoisotopic (exact) mass is 180 g/mol. The van der Waals surface area contributed by atoms with Crippen molar-refractivity contribution in [3.05, 3.63) is 29.8 Å². The molecule has 12 heavy (non-hydrogen) atoms. The molecule has 66 valence electrons. The summed E-state index contributed by atoms with van der Waals surface area (Å²) in [5.41, 5.74) is 1.02. The fourth-order valence-corrected chi connectivity index (χ4v) is 2.35. The molecule has 1 aromatic carbocycles. The molecule has 0 bridgehead atoms. The molecule has 0 saturated carbocycles. The molecule has 1 nitrogen and oxygen atoms in total. The molecule has 1 N–H and O–H groups in total. The lowest BCUT2D eigenvalue weighted by Gasteiger charge is -2.16. The van der Waals surface area contributed by atoms with Crippen molar-refractivity contribution in [2.45, 2.75) is 26.2 Å². The smallest absolute Gasteiger partial charge is 0.0776 e. The SMILES string of the molecule is C[Si](C)(C)c1cccc(CO)c1. The van der Waals surface area contributed by atoms with E-state index in [2.05, 4.69) is 31.8 Å². The highest BCUT2D eigenvalue weighted by atomic mass is 28.3. The van der Waals surface area contributed by atoms with Gasteiger partial charge in [-0.25, -0.2) is 0 Å². The Bertz CT molecular complexity index is 263. The normalized spacial score (nSPS) is 11.7. The number of rotatable bonds is 2. The summed E-state index contributed by atoms with van der Waals surface area (Å²) < 4.78 is 0. The van der Waals surface area contributed by atoms with Gasteiger partial charge in [0, 0.05) is 0 Å². The van der Waals surface area contributed by atoms with E-state index >= 15 is 0 Å². The summed E-state index contributed by atoms with van der Waals surface area (Å²) in [5.74, 6) is 0. The van der Waals surface area contributed by atoms with Crippen molar-refractivity contribution in [2.24, 2.45) is 0 Å². The molecular formula is C10H16OSi. The van der Waals surface area contributed by atoms with Crippen LogP contribution < -0.4 is 5.19 Å². The minimum atomic E-state index is -1.19. The van der Waals surface area contributed by atoms with Crippen LogP contribution in [0.25, 0.3) is 0 Å². The lowest BCUT2D eigenvalue weighted by Crippen LogP contribution is -2.37. The van der Waals surface area contributed by atoms with E-state index in [1.54, 1.807) is 0 Å². The Morgan fingerprint density at radius 2 is 1.92 bits per heavy atom. The predicted molar refractivity (Wildman–Crippen MR) is 55.3 cm³/mol. The van der Waals surface area contributed by atoms with Gasteiger partial charge in [-0.3, -0.25) is 0 Å². The first-order chi connectivity index (χ1) is 5.54. The van der Waals surface area contributed by atoms with Crippen LogP contribution in [-0.2, 0) is 6.61 Å². The van der Waals surface area contributed by atoms with Crippen LogP contribution in [0.1, 0.15) is 5.56 Å². The zero-order chi connectivity index (χ0) is 9.19. The van der Waals surface area contributed by atoms with Gasteiger partial charge >= 0.3 is 0 Å². The fraction of sp³-hybridized carbons (Fsp3) is 0.400. The van der Waals surface area contributed by atoms with E-state index in [-0.39, 0.29) is 6.61 Å². The number of hydrogen-bond donors (Lipinski definition) is 1. The van der Waals surface area contributed by atoms with E-state index in [1.807, 2.05) is 12.1 Å². The van der Waals surface area contributed by atoms with E-state index in [1.165, 1.54) is 5.19 Å². The summed E-state index contributed by atoms with van der Waals surface area (Å²) in [5, 5.41) is 10.4. The summed E-state index contributed by atoms with van der Waals surface area (Å²) in [6.45, 7) is 7.08. The quantitative estimate of drug-likeness (QED) is 0.687. The van der Waals surface area contributed by atoms with Crippen molar-refractivity contribution in [2.75, 3.05) is 0 Å². The lowest BCUT2D eigenvalue weighted by atomic mass is 10.2. The highest BCUT2D eigenvalue weighted by Gasteiger charge is 2.15. The maximum atomic E-state index is 8.94. The first kappa shape index (κ1) is 9.48. The summed E-state index contributed by atoms with van der Waals surface area (Å²) in [4.78, 5) is 0. The van der Waals surface area contributed by atoms with Crippen LogP contribution in [0.5, 0.6) is 0 Å². The van der Waals surface area contributed by atoms with Crippen LogP contribution in [0.3, 0.4) is 0 Å². The zero-order valence-electron chi connectivity index (χ0n) is 7.96. The van der Waals surface area contributed by atoms with Gasteiger partial charge in [0.25, 0.3) is 0 Å². The van der Waals surface area contributed by atoms with E-state index in [9.17, 15) is 0 Å². The number of hydrogen-bond acceptors (Lipinski definition) is 1. The van der Waals surface area contributed by atoms with Gasteiger partial charge in [-0.15, -0.1) is 0 Å². The molecule has 1 rings (SSSR count). The van der Waals surface area contributed by atoms with Crippen LogP contribution in [0.2, 0.25) is 19.6 Å². The Hall–Kier alpha value is -0.603. The molecule has 0 amide bonds. The number of aliphatic hydroxyl groups excluding tert-OH is 1. The van der Waals surface area contributed by atoms with Crippen LogP contribution >= 0.6 is 0 Å². The molecule has 2 heteroatoms. The summed E-state index contributed by atoms with van der Waals surface area (Å²) in [6, 6.07) is 8.26. The molecule has 0 aliphatic rings. The van der Waals surface area contributed by atoms with Crippen molar-refractivity contribution in [3.63, 3.8) is 0 Å². The fourth-order valence-electron chi connectivity index (χ4n) is 1.14. The van der Waals surface area contributed by atoms with E-state index in [4.69, 9.17) is 5.11 Å². The highest BCUT2D eigenvalue weighted by molar-refractivity contribution is 6.88. The van der Waals surface area contributed by atoms with Gasteiger partial charge in [-0.2, -0.15) is 0 Å². The Balaban J connectivity index is 3.02. The van der Waals surface area contributed by atoms with Gasteiger partial charge in [0.05, 0.1) is 14.7 Å². The maximum Gasteiger partial charge on any atom is 0.0776 e. The second-order valence-electron chi connectivity index (χ2n) is 4.11. The molecular weight excluding hydrogens is 164 g/mol. The molecule has 0 aliphatic heterocycles. The molecule has 0 aromatic heterocycles. The van der Waals surface area contributed by atoms with Crippen molar-refractivity contribution < 1.29 is 5.11 Å². The van der Waals surface area contributed by atoms with Crippen LogP contribution in [0.4, 0.5) is 0 Å². The van der Waals surface area contributed by atoms with Crippen molar-refractivity contribution in [1.29, 1.82) is 0 Å². The summed E-state index contributed by atoms with van der Waals surface area (Å²) >= 11 is 0. The molecule has 1 aromatic rings. The topological polar surface area (TPSA) is 20.2 Å². The molecule has 0 spiro atoms. The van der Waals surface area contributed by atoms with Crippen molar-refractivity contribution in [1.82, 2.24) is 0 Å². The minimum Gasteiger partial charge on any atom is -0.392 e. The number of benzene rings is 1. The third-order valence-electron chi connectivity index (χ3n) is 1.98. The third kappa shape index (κ3) is 2.19. The molecule has 0 heterocycles. The maximum absolute atomic E-state index is 8.94. The van der Waals surface area contributed by atoms with Gasteiger partial charge in [-0.05, 0) is 5.56 Å². The summed E-state index contributed by atoms with van der Waals surface area (Å²) in [6.07, 6.45) is 0. The standard InChI is InChI=1S/C10H16OSi/c1-12(2,3)10-6-4-5-9(7-10)8-11/h4-7,11H,8H2,1-3H3. The summed E-state index contributed by atoms with van der Waals surface area (Å²) in [7, 11) is -1.19. The van der Waals surface area contributed by atoms with E-state index in [0.29, 0.717) is 0 Å². The van der Waals surface area contributed by atoms with Gasteiger partial charge in [-0.1, -0.05) is 49.1 Å². The molecule has 0 unspecified atom stereocenters. The van der Waals surface area contributed by atoms with Gasteiger partial charge in [0.15, 0.2) is 0 Å². The Kier molecular flexibility index (Phi) is 2.70. The molecule has 0 aliphatic carbocycles. The average molecular weight is 180 g/mol. The van der Waals surface area contributed by atoms with Gasteiger partial charge in [0.2, 0.25) is 0 Å². The molecule has 0 atom stereocenters. The van der Waals surface area contributed by atoms with Gasteiger partial charge in [0.1, 0.15) is 0 Å². The second-order valence-corrected chi connectivity index (χ2v) is 9.19. The second kappa shape index (κ2) is 3.41. The van der Waals surface area contributed by atoms with Crippen LogP contribution in [0.15, 0.2) is 24.3 Å². The Labute approximate surface area is 75.1 Å². The first-order valence-electron chi connectivity index (χ1n) is 4.24. The average Bonchev–Trinajstić information content (AvgIpc) is 2.03. The van der Waals surface area contributed by atoms with E-state index in [0.717, 1.165) is 5.56 Å². The van der Waals surface area contributed by atoms with E-state index < -0.39 is 8.07 Å².